The average molecular weight is 403 g/mol. The molecule has 0 saturated carbocycles. The van der Waals surface area contributed by atoms with Crippen LogP contribution in [-0.2, 0) is 9.53 Å². The van der Waals surface area contributed by atoms with Gasteiger partial charge in [0.2, 0.25) is 5.91 Å². The Hall–Kier alpha value is -3.00. The second-order valence-electron chi connectivity index (χ2n) is 6.86. The molecule has 1 atom stereocenters. The van der Waals surface area contributed by atoms with Crippen molar-refractivity contribution in [2.45, 2.75) is 33.7 Å². The van der Waals surface area contributed by atoms with Crippen LogP contribution < -0.4 is 5.32 Å². The van der Waals surface area contributed by atoms with Crippen LogP contribution in [0.4, 0.5) is 10.1 Å². The average Bonchev–Trinajstić information content (AvgIpc) is 2.94. The van der Waals surface area contributed by atoms with Crippen LogP contribution in [-0.4, -0.2) is 53.8 Å². The lowest BCUT2D eigenvalue weighted by atomic mass is 10.0. The summed E-state index contributed by atoms with van der Waals surface area (Å²) in [5.41, 5.74) is 2.10. The number of hydrogen-bond donors (Lipinski definition) is 2. The summed E-state index contributed by atoms with van der Waals surface area (Å²) in [7, 11) is 1.64. The SMILES string of the molecule is CCOC(=O)c1c(C)[nH]c(C(=O)C(C)N(C)CC(=O)Nc2cccc(F)c2)c1C. The number of halogens is 1. The van der Waals surface area contributed by atoms with Gasteiger partial charge in [-0.15, -0.1) is 0 Å². The molecule has 1 amide bonds. The summed E-state index contributed by atoms with van der Waals surface area (Å²) in [6, 6.07) is 4.96. The number of ether oxygens (including phenoxy) is 1. The predicted octanol–water partition coefficient (Wildman–Crippen LogP) is 3.09. The number of nitrogens with one attached hydrogen (secondary N) is 2. The van der Waals surface area contributed by atoms with Crippen molar-refractivity contribution in [3.8, 4) is 0 Å². The Morgan fingerprint density at radius 2 is 1.97 bits per heavy atom. The maximum Gasteiger partial charge on any atom is 0.340 e. The molecule has 0 spiro atoms. The number of carbonyl (C=O) groups excluding carboxylic acids is 3. The van der Waals surface area contributed by atoms with Crippen molar-refractivity contribution in [1.82, 2.24) is 9.88 Å². The number of Topliss-reactive ketones (excluding diaryl/α,β-unsaturated/α-hetero) is 1. The molecule has 1 heterocycles. The summed E-state index contributed by atoms with van der Waals surface area (Å²) in [5, 5.41) is 2.60. The van der Waals surface area contributed by atoms with E-state index >= 15 is 0 Å². The molecule has 0 bridgehead atoms. The third kappa shape index (κ3) is 5.29. The van der Waals surface area contributed by atoms with Crippen LogP contribution >= 0.6 is 0 Å². The van der Waals surface area contributed by atoms with Gasteiger partial charge in [-0.05, 0) is 58.5 Å². The van der Waals surface area contributed by atoms with Crippen LogP contribution in [0, 0.1) is 19.7 Å². The summed E-state index contributed by atoms with van der Waals surface area (Å²) >= 11 is 0. The summed E-state index contributed by atoms with van der Waals surface area (Å²) in [6.07, 6.45) is 0. The van der Waals surface area contributed by atoms with E-state index in [2.05, 4.69) is 10.3 Å². The van der Waals surface area contributed by atoms with Gasteiger partial charge in [-0.2, -0.15) is 0 Å². The molecule has 1 unspecified atom stereocenters. The van der Waals surface area contributed by atoms with Crippen molar-refractivity contribution in [3.63, 3.8) is 0 Å². The minimum Gasteiger partial charge on any atom is -0.462 e. The molecule has 0 fully saturated rings. The molecule has 0 radical (unpaired) electrons. The Morgan fingerprint density at radius 1 is 1.28 bits per heavy atom. The minimum absolute atomic E-state index is 0.0626. The van der Waals surface area contributed by atoms with E-state index < -0.39 is 17.8 Å². The van der Waals surface area contributed by atoms with E-state index in [1.807, 2.05) is 0 Å². The maximum atomic E-state index is 13.2. The zero-order chi connectivity index (χ0) is 21.7. The standard InChI is InChI=1S/C21H26FN3O4/c1-6-29-21(28)18-12(2)19(23-13(18)3)20(27)14(4)25(5)11-17(26)24-16-9-7-8-15(22)10-16/h7-10,14,23H,6,11H2,1-5H3,(H,24,26). The van der Waals surface area contributed by atoms with Gasteiger partial charge in [0.25, 0.3) is 0 Å². The largest absolute Gasteiger partial charge is 0.462 e. The van der Waals surface area contributed by atoms with E-state index in [-0.39, 0.29) is 24.8 Å². The molecule has 0 saturated heterocycles. The number of rotatable bonds is 8. The lowest BCUT2D eigenvalue weighted by Gasteiger charge is -2.23. The first kappa shape index (κ1) is 22.3. The molecule has 8 heteroatoms. The second-order valence-corrected chi connectivity index (χ2v) is 6.86. The quantitative estimate of drug-likeness (QED) is 0.522. The molecule has 1 aromatic heterocycles. The zero-order valence-corrected chi connectivity index (χ0v) is 17.3. The first-order valence-corrected chi connectivity index (χ1v) is 9.31. The normalized spacial score (nSPS) is 12.0. The van der Waals surface area contributed by atoms with Gasteiger partial charge in [0.15, 0.2) is 5.78 Å². The van der Waals surface area contributed by atoms with Gasteiger partial charge in [0.1, 0.15) is 5.82 Å². The van der Waals surface area contributed by atoms with Crippen molar-refractivity contribution in [2.24, 2.45) is 0 Å². The molecular formula is C21H26FN3O4. The molecule has 0 aliphatic rings. The molecule has 2 N–H and O–H groups in total. The smallest absolute Gasteiger partial charge is 0.340 e. The van der Waals surface area contributed by atoms with E-state index in [0.29, 0.717) is 28.2 Å². The maximum absolute atomic E-state index is 13.2. The lowest BCUT2D eigenvalue weighted by molar-refractivity contribution is -0.117. The molecular weight excluding hydrogens is 377 g/mol. The number of amides is 1. The van der Waals surface area contributed by atoms with E-state index in [9.17, 15) is 18.8 Å². The van der Waals surface area contributed by atoms with Crippen LogP contribution in [0.3, 0.4) is 0 Å². The Morgan fingerprint density at radius 3 is 2.59 bits per heavy atom. The summed E-state index contributed by atoms with van der Waals surface area (Å²) < 4.78 is 18.3. The first-order valence-electron chi connectivity index (χ1n) is 9.31. The highest BCUT2D eigenvalue weighted by molar-refractivity contribution is 6.04. The Bertz CT molecular complexity index is 923. The predicted molar refractivity (Wildman–Crippen MR) is 108 cm³/mol. The number of aromatic amines is 1. The highest BCUT2D eigenvalue weighted by Crippen LogP contribution is 2.21. The molecule has 0 aliphatic heterocycles. The van der Waals surface area contributed by atoms with E-state index in [1.165, 1.54) is 18.2 Å². The molecule has 7 nitrogen and oxygen atoms in total. The van der Waals surface area contributed by atoms with Crippen LogP contribution in [0.5, 0.6) is 0 Å². The summed E-state index contributed by atoms with van der Waals surface area (Å²) in [4.78, 5) is 41.8. The van der Waals surface area contributed by atoms with Crippen molar-refractivity contribution in [2.75, 3.05) is 25.5 Å². The molecule has 29 heavy (non-hydrogen) atoms. The van der Waals surface area contributed by atoms with Gasteiger partial charge in [-0.25, -0.2) is 9.18 Å². The van der Waals surface area contributed by atoms with E-state index in [0.717, 1.165) is 0 Å². The molecule has 2 aromatic rings. The Kier molecular flexibility index (Phi) is 7.28. The van der Waals surface area contributed by atoms with E-state index in [4.69, 9.17) is 4.74 Å². The molecule has 1 aromatic carbocycles. The van der Waals surface area contributed by atoms with Gasteiger partial charge >= 0.3 is 5.97 Å². The number of nitrogens with zero attached hydrogens (tertiary/aromatic N) is 1. The van der Waals surface area contributed by atoms with Gasteiger partial charge in [-0.1, -0.05) is 6.07 Å². The summed E-state index contributed by atoms with van der Waals surface area (Å²) in [5.74, 6) is -1.55. The number of carbonyl (C=O) groups is 3. The van der Waals surface area contributed by atoms with E-state index in [1.54, 1.807) is 45.7 Å². The lowest BCUT2D eigenvalue weighted by Crippen LogP contribution is -2.41. The van der Waals surface area contributed by atoms with Crippen molar-refractivity contribution in [3.05, 3.63) is 52.6 Å². The van der Waals surface area contributed by atoms with Crippen molar-refractivity contribution in [1.29, 1.82) is 0 Å². The van der Waals surface area contributed by atoms with Crippen LogP contribution in [0.15, 0.2) is 24.3 Å². The third-order valence-electron chi connectivity index (χ3n) is 4.71. The highest BCUT2D eigenvalue weighted by Gasteiger charge is 2.28. The third-order valence-corrected chi connectivity index (χ3v) is 4.71. The molecule has 0 aliphatic carbocycles. The zero-order valence-electron chi connectivity index (χ0n) is 17.3. The monoisotopic (exact) mass is 403 g/mol. The van der Waals surface area contributed by atoms with Crippen LogP contribution in [0.1, 0.15) is 46.0 Å². The van der Waals surface area contributed by atoms with Gasteiger partial charge in [0, 0.05) is 11.4 Å². The van der Waals surface area contributed by atoms with Crippen LogP contribution in [0.2, 0.25) is 0 Å². The number of aromatic nitrogens is 1. The van der Waals surface area contributed by atoms with Crippen LogP contribution in [0.25, 0.3) is 0 Å². The van der Waals surface area contributed by atoms with Gasteiger partial charge in [0.05, 0.1) is 30.5 Å². The number of benzene rings is 1. The number of aryl methyl sites for hydroxylation is 1. The van der Waals surface area contributed by atoms with Gasteiger partial charge < -0.3 is 15.0 Å². The topological polar surface area (TPSA) is 91.5 Å². The fourth-order valence-corrected chi connectivity index (χ4v) is 3.05. The Labute approximate surface area is 169 Å². The number of likely N-dealkylation sites (N-methyl/N-ethyl adjacent to an activating group) is 1. The second kappa shape index (κ2) is 9.47. The number of esters is 1. The fourth-order valence-electron chi connectivity index (χ4n) is 3.05. The van der Waals surface area contributed by atoms with Crippen molar-refractivity contribution < 1.29 is 23.5 Å². The molecule has 2 rings (SSSR count). The number of hydrogen-bond acceptors (Lipinski definition) is 5. The highest BCUT2D eigenvalue weighted by atomic mass is 19.1. The fraction of sp³-hybridized carbons (Fsp3) is 0.381. The Balaban J connectivity index is 2.08. The molecule has 156 valence electrons. The first-order chi connectivity index (χ1) is 13.6. The number of anilines is 1. The number of H-pyrrole nitrogens is 1. The van der Waals surface area contributed by atoms with Crippen molar-refractivity contribution >= 4 is 23.3 Å². The number of ketones is 1. The summed E-state index contributed by atoms with van der Waals surface area (Å²) in [6.45, 7) is 6.96. The van der Waals surface area contributed by atoms with Gasteiger partial charge in [-0.3, -0.25) is 14.5 Å². The minimum atomic E-state index is -0.625.